The Morgan fingerprint density at radius 1 is 1.18 bits per heavy atom. The van der Waals surface area contributed by atoms with E-state index in [-0.39, 0.29) is 18.6 Å². The summed E-state index contributed by atoms with van der Waals surface area (Å²) in [5.74, 6) is 0.619. The number of halogens is 3. The summed E-state index contributed by atoms with van der Waals surface area (Å²) in [6, 6.07) is 5.19. The normalized spacial score (nSPS) is 18.7. The van der Waals surface area contributed by atoms with Gasteiger partial charge in [0, 0.05) is 32.1 Å². The Kier molecular flexibility index (Phi) is 9.74. The lowest BCUT2D eigenvalue weighted by Gasteiger charge is -2.35. The third-order valence-corrected chi connectivity index (χ3v) is 10.5. The molecule has 1 saturated carbocycles. The van der Waals surface area contributed by atoms with Crippen molar-refractivity contribution < 1.29 is 22.5 Å². The first-order valence-electron chi connectivity index (χ1n) is 13.4. The van der Waals surface area contributed by atoms with Crippen molar-refractivity contribution in [1.29, 1.82) is 0 Å². The fourth-order valence-electron chi connectivity index (χ4n) is 4.09. The minimum absolute atomic E-state index is 0.0759. The molecule has 1 heterocycles. The molecule has 1 aromatic carbocycles. The highest BCUT2D eigenvalue weighted by Gasteiger charge is 2.48. The summed E-state index contributed by atoms with van der Waals surface area (Å²) < 4.78 is 67.1. The Balaban J connectivity index is 2.09. The van der Waals surface area contributed by atoms with Crippen LogP contribution in [0.25, 0.3) is 11.0 Å². The van der Waals surface area contributed by atoms with Gasteiger partial charge in [0.25, 0.3) is 0 Å². The topological polar surface area (TPSA) is 88.2 Å². The summed E-state index contributed by atoms with van der Waals surface area (Å²) in [6.07, 6.45) is -2.85. The molecule has 4 atom stereocenters. The van der Waals surface area contributed by atoms with Crippen LogP contribution in [-0.2, 0) is 22.8 Å². The van der Waals surface area contributed by atoms with Crippen molar-refractivity contribution in [2.24, 2.45) is 17.1 Å². The van der Waals surface area contributed by atoms with Gasteiger partial charge in [-0.25, -0.2) is 18.2 Å². The lowest BCUT2D eigenvalue weighted by Crippen LogP contribution is -2.49. The molecule has 0 amide bonds. The highest BCUT2D eigenvalue weighted by molar-refractivity contribution is 7.90. The summed E-state index contributed by atoms with van der Waals surface area (Å²) in [7, 11) is -1.35. The molecule has 0 radical (unpaired) electrons. The highest BCUT2D eigenvalue weighted by Crippen LogP contribution is 2.42. The number of nitrogens with zero attached hydrogens (tertiary/aromatic N) is 2. The molecule has 2 aromatic rings. The van der Waals surface area contributed by atoms with Gasteiger partial charge in [0.05, 0.1) is 16.4 Å². The van der Waals surface area contributed by atoms with Gasteiger partial charge in [-0.05, 0) is 63.3 Å². The van der Waals surface area contributed by atoms with Gasteiger partial charge in [-0.2, -0.15) is 0 Å². The lowest BCUT2D eigenvalue weighted by atomic mass is 9.84. The number of nitrogens with two attached hydrogens (primary N) is 1. The van der Waals surface area contributed by atoms with Crippen molar-refractivity contribution in [2.75, 3.05) is 6.61 Å². The van der Waals surface area contributed by atoms with E-state index >= 15 is 4.39 Å². The van der Waals surface area contributed by atoms with Crippen molar-refractivity contribution in [1.82, 2.24) is 14.3 Å². The molecule has 1 aliphatic rings. The van der Waals surface area contributed by atoms with E-state index in [1.165, 1.54) is 13.8 Å². The van der Waals surface area contributed by atoms with Crippen LogP contribution >= 0.6 is 0 Å². The first kappa shape index (κ1) is 31.4. The Bertz CT molecular complexity index is 1080. The Hall–Kier alpha value is -1.11. The van der Waals surface area contributed by atoms with Crippen LogP contribution in [0.2, 0.25) is 25.7 Å². The third-order valence-electron chi connectivity index (χ3n) is 7.17. The van der Waals surface area contributed by atoms with Gasteiger partial charge in [0.1, 0.15) is 29.5 Å². The van der Waals surface area contributed by atoms with Crippen LogP contribution in [0.4, 0.5) is 13.2 Å². The van der Waals surface area contributed by atoms with E-state index in [4.69, 9.17) is 15.5 Å². The monoisotopic (exact) mass is 574 g/mol. The van der Waals surface area contributed by atoms with E-state index in [1.807, 2.05) is 18.2 Å². The second-order valence-electron chi connectivity index (χ2n) is 13.4. The van der Waals surface area contributed by atoms with Crippen molar-refractivity contribution in [3.05, 3.63) is 29.6 Å². The molecule has 38 heavy (non-hydrogen) atoms. The van der Waals surface area contributed by atoms with Gasteiger partial charge in [-0.1, -0.05) is 39.6 Å². The van der Waals surface area contributed by atoms with Crippen molar-refractivity contribution in [3.8, 4) is 0 Å². The molecule has 216 valence electrons. The van der Waals surface area contributed by atoms with Gasteiger partial charge >= 0.3 is 0 Å². The predicted molar refractivity (Wildman–Crippen MR) is 152 cm³/mol. The average molecular weight is 575 g/mol. The minimum Gasteiger partial charge on any atom is -0.598 e. The molecule has 3 N–H and O–H groups in total. The van der Waals surface area contributed by atoms with E-state index in [1.54, 1.807) is 25.3 Å². The van der Waals surface area contributed by atoms with Crippen LogP contribution in [0.1, 0.15) is 70.9 Å². The molecule has 1 unspecified atom stereocenters. The van der Waals surface area contributed by atoms with E-state index < -0.39 is 48.2 Å². The van der Waals surface area contributed by atoms with E-state index in [2.05, 4.69) is 24.4 Å². The maximum atomic E-state index is 16.1. The summed E-state index contributed by atoms with van der Waals surface area (Å²) in [4.78, 5) is 4.75. The van der Waals surface area contributed by atoms with Gasteiger partial charge in [0.2, 0.25) is 6.43 Å². The fraction of sp³-hybridized carbons (Fsp3) is 0.741. The number of hydrogen-bond acceptors (Lipinski definition) is 5. The van der Waals surface area contributed by atoms with E-state index in [9.17, 15) is 13.3 Å². The zero-order valence-electron chi connectivity index (χ0n) is 24.0. The molecule has 11 heteroatoms. The van der Waals surface area contributed by atoms with Gasteiger partial charge < -0.3 is 19.6 Å². The number of ether oxygens (including phenoxy) is 1. The molecule has 1 aromatic heterocycles. The zero-order valence-corrected chi connectivity index (χ0v) is 25.8. The number of nitrogens with one attached hydrogen (secondary N) is 1. The van der Waals surface area contributed by atoms with Crippen LogP contribution < -0.4 is 10.5 Å². The van der Waals surface area contributed by atoms with E-state index in [0.29, 0.717) is 23.6 Å². The maximum Gasteiger partial charge on any atom is 0.246 e. The SMILES string of the molecule is CC(C)(C(F)F)C(F)[C@@H](N[S@+]([O-])C(C)(C)C)c1nc2cc([C@H](N)C3CC3)ccc2n1COCC[Si](C)(C)C. The third kappa shape index (κ3) is 7.54. The quantitative estimate of drug-likeness (QED) is 0.162. The first-order valence-corrected chi connectivity index (χ1v) is 18.2. The molecular weight excluding hydrogens is 529 g/mol. The number of imidazole rings is 1. The molecule has 0 saturated heterocycles. The number of rotatable bonds is 13. The minimum atomic E-state index is -2.93. The van der Waals surface area contributed by atoms with Crippen LogP contribution in [0, 0.1) is 11.3 Å². The van der Waals surface area contributed by atoms with Crippen molar-refractivity contribution >= 4 is 30.5 Å². The standard InChI is InChI=1S/C27H45F3N4O2SSi/c1-26(2,3)37(35)33-22(23(28)27(4,5)25(29)30)24-32-19-15-18(21(31)17-9-10-17)11-12-20(19)34(24)16-36-13-14-38(6,7)8/h11-12,15,17,21-23,25,33H,9-10,13-14,16,31H2,1-8H3/t21-,22-,23?,37-/m1/s1. The Morgan fingerprint density at radius 3 is 2.34 bits per heavy atom. The molecular formula is C27H45F3N4O2SSi. The second-order valence-corrected chi connectivity index (χ2v) is 21.0. The lowest BCUT2D eigenvalue weighted by molar-refractivity contribution is -0.0462. The number of hydrogen-bond donors (Lipinski definition) is 2. The second kappa shape index (κ2) is 11.8. The fourth-order valence-corrected chi connectivity index (χ4v) is 5.66. The van der Waals surface area contributed by atoms with Gasteiger partial charge in [-0.15, -0.1) is 4.72 Å². The molecule has 1 fully saturated rings. The molecule has 6 nitrogen and oxygen atoms in total. The Morgan fingerprint density at radius 2 is 1.82 bits per heavy atom. The summed E-state index contributed by atoms with van der Waals surface area (Å²) in [5, 5.41) is 0. The first-order chi connectivity index (χ1) is 17.4. The van der Waals surface area contributed by atoms with E-state index in [0.717, 1.165) is 24.4 Å². The maximum absolute atomic E-state index is 16.1. The van der Waals surface area contributed by atoms with Gasteiger partial charge in [-0.3, -0.25) is 0 Å². The van der Waals surface area contributed by atoms with Gasteiger partial charge in [0.15, 0.2) is 0 Å². The van der Waals surface area contributed by atoms with Crippen molar-refractivity contribution in [2.45, 2.75) is 109 Å². The van der Waals surface area contributed by atoms with Crippen LogP contribution in [0.5, 0.6) is 0 Å². The number of fused-ring (bicyclic) bond motifs is 1. The van der Waals surface area contributed by atoms with Crippen LogP contribution in [-0.4, -0.2) is 46.1 Å². The zero-order chi connectivity index (χ0) is 28.6. The molecule has 0 bridgehead atoms. The number of aromatic nitrogens is 2. The summed E-state index contributed by atoms with van der Waals surface area (Å²) >= 11 is -1.74. The number of alkyl halides is 3. The van der Waals surface area contributed by atoms with Crippen molar-refractivity contribution in [3.63, 3.8) is 0 Å². The Labute approximate surface area is 229 Å². The average Bonchev–Trinajstić information content (AvgIpc) is 3.59. The predicted octanol–water partition coefficient (Wildman–Crippen LogP) is 6.48. The number of benzene rings is 1. The smallest absolute Gasteiger partial charge is 0.246 e. The highest BCUT2D eigenvalue weighted by atomic mass is 32.2. The summed E-state index contributed by atoms with van der Waals surface area (Å²) in [5.41, 5.74) is 6.63. The molecule has 0 aliphatic heterocycles. The largest absolute Gasteiger partial charge is 0.598 e. The van der Waals surface area contributed by atoms with Crippen LogP contribution in [0.15, 0.2) is 18.2 Å². The summed E-state index contributed by atoms with van der Waals surface area (Å²) in [6.45, 7) is 14.9. The molecule has 0 spiro atoms. The molecule has 3 rings (SSSR count). The van der Waals surface area contributed by atoms with Crippen LogP contribution in [0.3, 0.4) is 0 Å². The molecule has 1 aliphatic carbocycles.